The number of hydrogen-bond acceptors (Lipinski definition) is 5. The molecule has 0 bridgehead atoms. The van der Waals surface area contributed by atoms with Crippen LogP contribution in [0.25, 0.3) is 11.1 Å². The summed E-state index contributed by atoms with van der Waals surface area (Å²) in [5.74, 6) is -2.60. The zero-order valence-corrected chi connectivity index (χ0v) is 29.1. The number of benzene rings is 2. The number of primary amides is 1. The fourth-order valence-corrected chi connectivity index (χ4v) is 7.07. The van der Waals surface area contributed by atoms with Crippen molar-refractivity contribution in [2.45, 2.75) is 108 Å². The minimum atomic E-state index is -4.84. The number of carbonyl (C=O) groups is 2. The van der Waals surface area contributed by atoms with Crippen LogP contribution in [0.1, 0.15) is 103 Å². The maximum absolute atomic E-state index is 15.3. The summed E-state index contributed by atoms with van der Waals surface area (Å²) >= 11 is 0. The van der Waals surface area contributed by atoms with E-state index in [0.29, 0.717) is 54.9 Å². The third kappa shape index (κ3) is 9.81. The Morgan fingerprint density at radius 3 is 2.29 bits per heavy atom. The molecule has 1 saturated carbocycles. The summed E-state index contributed by atoms with van der Waals surface area (Å²) in [6, 6.07) is 5.57. The van der Waals surface area contributed by atoms with Crippen LogP contribution >= 0.6 is 0 Å². The third-order valence-corrected chi connectivity index (χ3v) is 9.94. The second-order valence-corrected chi connectivity index (χ2v) is 14.1. The summed E-state index contributed by atoms with van der Waals surface area (Å²) < 4.78 is 85.1. The lowest BCUT2D eigenvalue weighted by atomic mass is 9.88. The summed E-state index contributed by atoms with van der Waals surface area (Å²) in [6.07, 6.45) is -0.704. The van der Waals surface area contributed by atoms with E-state index >= 15 is 4.39 Å². The molecular weight excluding hydrogens is 690 g/mol. The van der Waals surface area contributed by atoms with Gasteiger partial charge in [0, 0.05) is 38.5 Å². The largest absolute Gasteiger partial charge is 0.481 e. The lowest BCUT2D eigenvalue weighted by molar-refractivity contribution is -0.139. The van der Waals surface area contributed by atoms with Crippen LogP contribution in [0.4, 0.5) is 26.3 Å². The topological polar surface area (TPSA) is 119 Å². The molecule has 1 aliphatic heterocycles. The number of aliphatic carboxylic acids is 1. The molecule has 2 heterocycles. The Labute approximate surface area is 298 Å². The normalized spacial score (nSPS) is 15.8. The van der Waals surface area contributed by atoms with Gasteiger partial charge in [0.25, 0.3) is 5.56 Å². The Bertz CT molecular complexity index is 1840. The zero-order valence-electron chi connectivity index (χ0n) is 29.1. The average molecular weight is 735 g/mol. The summed E-state index contributed by atoms with van der Waals surface area (Å²) in [7, 11) is 0. The molecule has 0 radical (unpaired) electrons. The maximum atomic E-state index is 15.3. The highest BCUT2D eigenvalue weighted by Crippen LogP contribution is 2.44. The van der Waals surface area contributed by atoms with Crippen LogP contribution in [0.15, 0.2) is 35.1 Å². The number of amides is 1. The quantitative estimate of drug-likeness (QED) is 0.105. The minimum absolute atomic E-state index is 0.0480. The zero-order chi connectivity index (χ0) is 37.7. The van der Waals surface area contributed by atoms with Crippen LogP contribution in [0.3, 0.4) is 0 Å². The van der Waals surface area contributed by atoms with Gasteiger partial charge in [-0.2, -0.15) is 18.3 Å². The molecule has 282 valence electrons. The second-order valence-electron chi connectivity index (χ2n) is 14.1. The Kier molecular flexibility index (Phi) is 12.5. The summed E-state index contributed by atoms with van der Waals surface area (Å²) in [5, 5.41) is 13.1. The monoisotopic (exact) mass is 734 g/mol. The van der Waals surface area contributed by atoms with E-state index in [1.54, 1.807) is 17.9 Å². The first-order chi connectivity index (χ1) is 24.6. The fourth-order valence-electron chi connectivity index (χ4n) is 7.07. The molecule has 52 heavy (non-hydrogen) atoms. The van der Waals surface area contributed by atoms with E-state index in [1.165, 1.54) is 12.1 Å². The van der Waals surface area contributed by atoms with Gasteiger partial charge in [-0.25, -0.2) is 17.9 Å². The number of carboxylic acid groups (broad SMARTS) is 1. The molecule has 5 rings (SSSR count). The minimum Gasteiger partial charge on any atom is -0.481 e. The van der Waals surface area contributed by atoms with E-state index in [2.05, 4.69) is 5.10 Å². The first-order valence-corrected chi connectivity index (χ1v) is 17.8. The molecule has 3 N–H and O–H groups in total. The summed E-state index contributed by atoms with van der Waals surface area (Å²) in [4.78, 5) is 38.0. The van der Waals surface area contributed by atoms with Crippen LogP contribution in [0.5, 0.6) is 0 Å². The fraction of sp³-hybridized carbons (Fsp3) is 0.526. The molecule has 1 aliphatic carbocycles. The van der Waals surface area contributed by atoms with E-state index in [-0.39, 0.29) is 57.1 Å². The lowest BCUT2D eigenvalue weighted by Gasteiger charge is -2.34. The molecule has 1 saturated heterocycles. The molecule has 1 aromatic heterocycles. The smallest absolute Gasteiger partial charge is 0.418 e. The predicted molar refractivity (Wildman–Crippen MR) is 183 cm³/mol. The molecule has 3 aromatic rings. The van der Waals surface area contributed by atoms with Gasteiger partial charge in [0.1, 0.15) is 23.8 Å². The number of nitrogens with zero attached hydrogens (tertiary/aromatic N) is 3. The first-order valence-electron chi connectivity index (χ1n) is 17.8. The number of likely N-dealkylation sites (tertiary alicyclic amines) is 1. The van der Waals surface area contributed by atoms with E-state index in [4.69, 9.17) is 5.73 Å². The molecule has 2 aromatic carbocycles. The van der Waals surface area contributed by atoms with E-state index in [0.717, 1.165) is 40.6 Å². The van der Waals surface area contributed by atoms with Crippen LogP contribution in [-0.2, 0) is 35.0 Å². The number of carbonyl (C=O) groups excluding carboxylic acids is 1. The number of halogens is 6. The van der Waals surface area contributed by atoms with Crippen molar-refractivity contribution in [2.24, 2.45) is 5.73 Å². The molecule has 0 spiro atoms. The number of rotatable bonds is 18. The predicted octanol–water partition coefficient (Wildman–Crippen LogP) is 7.22. The highest BCUT2D eigenvalue weighted by atomic mass is 19.4. The van der Waals surface area contributed by atoms with Gasteiger partial charge < -0.3 is 10.8 Å². The SMILES string of the molecule is Cc1cc(F)cc(CCCCCCCC(C(N)=O)n2nc(CCN3CC(F)C3)c(C(F)(F)F)cc2=O)c1-c1cc(CCC(=O)O)c(F)c(C2CC2)c1. The molecule has 1 unspecified atom stereocenters. The van der Waals surface area contributed by atoms with Gasteiger partial charge in [-0.05, 0) is 109 Å². The molecule has 2 fully saturated rings. The van der Waals surface area contributed by atoms with Crippen molar-refractivity contribution in [2.75, 3.05) is 19.6 Å². The van der Waals surface area contributed by atoms with Gasteiger partial charge in [0.2, 0.25) is 5.91 Å². The standard InChI is InChI=1S/C38H44F6N4O4/c1-22-15-27(39)17-24(35(22)26-16-25(11-12-34(50)51)36(41)29(18-26)23-9-10-23)7-5-3-2-4-6-8-32(37(45)52)48-33(49)19-30(38(42,43)44)31(46-48)13-14-47-20-28(40)21-47/h15-19,23,28,32H,2-14,20-21H2,1H3,(H2,45,52)(H,50,51). The van der Waals surface area contributed by atoms with Crippen molar-refractivity contribution in [3.63, 3.8) is 0 Å². The van der Waals surface area contributed by atoms with Gasteiger partial charge in [-0.15, -0.1) is 0 Å². The van der Waals surface area contributed by atoms with E-state index < -0.39 is 52.9 Å². The summed E-state index contributed by atoms with van der Waals surface area (Å²) in [6.45, 7) is 2.13. The number of unbranched alkanes of at least 4 members (excludes halogenated alkanes) is 4. The third-order valence-electron chi connectivity index (χ3n) is 9.94. The second kappa shape index (κ2) is 16.6. The molecule has 8 nitrogen and oxygen atoms in total. The van der Waals surface area contributed by atoms with Gasteiger partial charge in [0.15, 0.2) is 0 Å². The van der Waals surface area contributed by atoms with Crippen LogP contribution in [0.2, 0.25) is 0 Å². The van der Waals surface area contributed by atoms with Crippen molar-refractivity contribution in [3.05, 3.63) is 85.8 Å². The Morgan fingerprint density at radius 2 is 1.65 bits per heavy atom. The number of nitrogens with two attached hydrogens (primary N) is 1. The highest BCUT2D eigenvalue weighted by molar-refractivity contribution is 5.78. The molecular formula is C38H44F6N4O4. The van der Waals surface area contributed by atoms with Crippen LogP contribution in [-0.4, -0.2) is 57.5 Å². The van der Waals surface area contributed by atoms with Gasteiger partial charge >= 0.3 is 12.1 Å². The van der Waals surface area contributed by atoms with E-state index in [1.807, 2.05) is 6.07 Å². The average Bonchev–Trinajstić information content (AvgIpc) is 3.89. The van der Waals surface area contributed by atoms with Crippen molar-refractivity contribution in [1.82, 2.24) is 14.7 Å². The van der Waals surface area contributed by atoms with Crippen molar-refractivity contribution < 1.29 is 41.0 Å². The lowest BCUT2D eigenvalue weighted by Crippen LogP contribution is -2.49. The van der Waals surface area contributed by atoms with Crippen LogP contribution in [0, 0.1) is 18.6 Å². The van der Waals surface area contributed by atoms with Gasteiger partial charge in [-0.1, -0.05) is 25.7 Å². The molecule has 1 atom stereocenters. The number of hydrogen-bond donors (Lipinski definition) is 2. The summed E-state index contributed by atoms with van der Waals surface area (Å²) in [5.41, 5.74) is 6.77. The van der Waals surface area contributed by atoms with Crippen molar-refractivity contribution >= 4 is 11.9 Å². The molecule has 2 aliphatic rings. The maximum Gasteiger partial charge on any atom is 0.418 e. The Balaban J connectivity index is 1.21. The number of aryl methyl sites for hydroxylation is 3. The number of carboxylic acids is 1. The Hall–Kier alpha value is -4.20. The first kappa shape index (κ1) is 39.0. The molecule has 14 heteroatoms. The molecule has 1 amide bonds. The van der Waals surface area contributed by atoms with Crippen molar-refractivity contribution in [3.8, 4) is 11.1 Å². The number of alkyl halides is 4. The van der Waals surface area contributed by atoms with Gasteiger partial charge in [0.05, 0.1) is 11.3 Å². The number of aromatic nitrogens is 2. The van der Waals surface area contributed by atoms with Crippen molar-refractivity contribution in [1.29, 1.82) is 0 Å². The van der Waals surface area contributed by atoms with Gasteiger partial charge in [-0.3, -0.25) is 19.3 Å². The Morgan fingerprint density at radius 1 is 0.962 bits per heavy atom. The van der Waals surface area contributed by atoms with E-state index in [9.17, 15) is 41.4 Å². The van der Waals surface area contributed by atoms with Crippen LogP contribution < -0.4 is 11.3 Å². The highest BCUT2D eigenvalue weighted by Gasteiger charge is 2.37.